The highest BCUT2D eigenvalue weighted by Crippen LogP contribution is 2.40. The summed E-state index contributed by atoms with van der Waals surface area (Å²) in [6, 6.07) is 1.81. The Morgan fingerprint density at radius 2 is 2.10 bits per heavy atom. The van der Waals surface area contributed by atoms with Crippen molar-refractivity contribution in [3.8, 4) is 0 Å². The molecule has 2 N–H and O–H groups in total. The molecule has 2 atom stereocenters. The summed E-state index contributed by atoms with van der Waals surface area (Å²) in [5, 5.41) is 16.4. The van der Waals surface area contributed by atoms with Gasteiger partial charge in [0, 0.05) is 30.6 Å². The normalized spacial score (nSPS) is 27.1. The van der Waals surface area contributed by atoms with Gasteiger partial charge in [0.25, 0.3) is 5.91 Å². The van der Waals surface area contributed by atoms with Crippen molar-refractivity contribution in [1.82, 2.24) is 10.5 Å². The predicted octanol–water partition coefficient (Wildman–Crippen LogP) is 2.22. The lowest BCUT2D eigenvalue weighted by molar-refractivity contribution is 0.0890. The maximum atomic E-state index is 12.2. The number of aliphatic hydroxyl groups is 1. The Kier molecular flexibility index (Phi) is 4.05. The van der Waals surface area contributed by atoms with E-state index in [1.807, 2.05) is 0 Å². The Balaban J connectivity index is 1.63. The predicted molar refractivity (Wildman–Crippen MR) is 73.4 cm³/mol. The van der Waals surface area contributed by atoms with E-state index in [0.29, 0.717) is 11.6 Å². The molecule has 0 aliphatic heterocycles. The number of nitrogens with one attached hydrogen (secondary N) is 1. The van der Waals surface area contributed by atoms with Crippen molar-refractivity contribution < 1.29 is 14.4 Å². The smallest absolute Gasteiger partial charge is 0.273 e. The lowest BCUT2D eigenvalue weighted by Gasteiger charge is -2.23. The van der Waals surface area contributed by atoms with Crippen molar-refractivity contribution in [2.45, 2.75) is 56.9 Å². The van der Waals surface area contributed by atoms with Crippen LogP contribution in [0.4, 0.5) is 0 Å². The molecule has 1 amide bonds. The number of hydrogen-bond acceptors (Lipinski definition) is 4. The molecular weight excluding hydrogens is 256 g/mol. The molecule has 0 spiro atoms. The molecule has 2 aliphatic rings. The molecule has 0 bridgehead atoms. The average Bonchev–Trinajstić information content (AvgIpc) is 3.23. The van der Waals surface area contributed by atoms with Gasteiger partial charge in [-0.2, -0.15) is 0 Å². The Morgan fingerprint density at radius 3 is 2.85 bits per heavy atom. The average molecular weight is 278 g/mol. The fraction of sp³-hybridized carbons (Fsp3) is 0.733. The zero-order valence-corrected chi connectivity index (χ0v) is 11.7. The summed E-state index contributed by atoms with van der Waals surface area (Å²) in [4.78, 5) is 12.2. The number of nitrogens with zero attached hydrogens (tertiary/aromatic N) is 1. The molecule has 3 rings (SSSR count). The van der Waals surface area contributed by atoms with Crippen LogP contribution in [0.3, 0.4) is 0 Å². The van der Waals surface area contributed by atoms with E-state index in [2.05, 4.69) is 10.5 Å². The Morgan fingerprint density at radius 1 is 1.30 bits per heavy atom. The molecule has 2 saturated carbocycles. The van der Waals surface area contributed by atoms with Gasteiger partial charge in [-0.05, 0) is 25.7 Å². The van der Waals surface area contributed by atoms with Gasteiger partial charge in [-0.25, -0.2) is 0 Å². The van der Waals surface area contributed by atoms with E-state index in [-0.39, 0.29) is 24.5 Å². The highest BCUT2D eigenvalue weighted by molar-refractivity contribution is 5.92. The van der Waals surface area contributed by atoms with Crippen LogP contribution in [-0.4, -0.2) is 28.8 Å². The van der Waals surface area contributed by atoms with Crippen LogP contribution in [0, 0.1) is 5.92 Å². The fourth-order valence-electron chi connectivity index (χ4n) is 2.99. The molecule has 1 aromatic heterocycles. The summed E-state index contributed by atoms with van der Waals surface area (Å²) in [5.74, 6) is 1.28. The molecule has 0 aromatic carbocycles. The zero-order chi connectivity index (χ0) is 13.9. The van der Waals surface area contributed by atoms with Crippen LogP contribution in [0.2, 0.25) is 0 Å². The number of hydrogen-bond donors (Lipinski definition) is 2. The molecule has 0 radical (unpaired) electrons. The third kappa shape index (κ3) is 3.03. The van der Waals surface area contributed by atoms with Crippen molar-refractivity contribution in [2.24, 2.45) is 5.92 Å². The Hall–Kier alpha value is -1.36. The molecule has 2 fully saturated rings. The molecular formula is C15H22N2O3. The molecule has 0 unspecified atom stereocenters. The highest BCUT2D eigenvalue weighted by Gasteiger charge is 2.30. The summed E-state index contributed by atoms with van der Waals surface area (Å²) in [5.41, 5.74) is 0.368. The number of amides is 1. The van der Waals surface area contributed by atoms with E-state index in [1.54, 1.807) is 6.07 Å². The summed E-state index contributed by atoms with van der Waals surface area (Å²) in [6.45, 7) is 0.136. The van der Waals surface area contributed by atoms with Crippen molar-refractivity contribution in [3.63, 3.8) is 0 Å². The first kappa shape index (κ1) is 13.6. The summed E-state index contributed by atoms with van der Waals surface area (Å²) in [7, 11) is 0. The van der Waals surface area contributed by atoms with Crippen LogP contribution in [-0.2, 0) is 0 Å². The van der Waals surface area contributed by atoms with E-state index in [9.17, 15) is 9.90 Å². The van der Waals surface area contributed by atoms with E-state index >= 15 is 0 Å². The molecule has 5 heteroatoms. The number of aliphatic hydroxyl groups excluding tert-OH is 1. The van der Waals surface area contributed by atoms with Gasteiger partial charge in [-0.1, -0.05) is 24.4 Å². The molecule has 1 aromatic rings. The monoisotopic (exact) mass is 278 g/mol. The summed E-state index contributed by atoms with van der Waals surface area (Å²) < 4.78 is 5.22. The molecule has 110 valence electrons. The van der Waals surface area contributed by atoms with Crippen molar-refractivity contribution in [2.75, 3.05) is 6.61 Å². The van der Waals surface area contributed by atoms with Gasteiger partial charge in [0.1, 0.15) is 5.76 Å². The lowest BCUT2D eigenvalue weighted by Crippen LogP contribution is -2.41. The maximum Gasteiger partial charge on any atom is 0.273 e. The minimum atomic E-state index is -0.175. The number of carbonyl (C=O) groups is 1. The number of carbonyl (C=O) groups excluding carboxylic acids is 1. The van der Waals surface area contributed by atoms with Crippen molar-refractivity contribution in [3.05, 3.63) is 17.5 Å². The largest absolute Gasteiger partial charge is 0.396 e. The second kappa shape index (κ2) is 5.95. The fourth-order valence-corrected chi connectivity index (χ4v) is 2.99. The van der Waals surface area contributed by atoms with Gasteiger partial charge < -0.3 is 14.9 Å². The lowest BCUT2D eigenvalue weighted by atomic mass is 9.95. The van der Waals surface area contributed by atoms with Gasteiger partial charge in [0.05, 0.1) is 0 Å². The SMILES string of the molecule is O=C(N[C@@H]1CCCCC[C@H]1CO)c1cc(C2CC2)on1. The topological polar surface area (TPSA) is 75.4 Å². The van der Waals surface area contributed by atoms with E-state index < -0.39 is 0 Å². The van der Waals surface area contributed by atoms with Crippen LogP contribution < -0.4 is 5.32 Å². The standard InChI is InChI=1S/C15H22N2O3/c18-9-11-4-2-1-3-5-12(11)16-15(19)13-8-14(20-17-13)10-6-7-10/h8,10-12,18H,1-7,9H2,(H,16,19)/t11-,12+/m0/s1. The highest BCUT2D eigenvalue weighted by atomic mass is 16.5. The number of aromatic nitrogens is 1. The van der Waals surface area contributed by atoms with Crippen molar-refractivity contribution >= 4 is 5.91 Å². The van der Waals surface area contributed by atoms with Crippen LogP contribution in [0.5, 0.6) is 0 Å². The third-order valence-corrected chi connectivity index (χ3v) is 4.45. The van der Waals surface area contributed by atoms with E-state index in [1.165, 1.54) is 6.42 Å². The Bertz CT molecular complexity index is 467. The van der Waals surface area contributed by atoms with Gasteiger partial charge in [-0.3, -0.25) is 4.79 Å². The van der Waals surface area contributed by atoms with Crippen LogP contribution in [0.1, 0.15) is 67.1 Å². The van der Waals surface area contributed by atoms with E-state index in [4.69, 9.17) is 4.52 Å². The first-order chi connectivity index (χ1) is 9.78. The van der Waals surface area contributed by atoms with Crippen molar-refractivity contribution in [1.29, 1.82) is 0 Å². The molecule has 1 heterocycles. The maximum absolute atomic E-state index is 12.2. The van der Waals surface area contributed by atoms with Gasteiger partial charge in [0.2, 0.25) is 0 Å². The zero-order valence-electron chi connectivity index (χ0n) is 11.7. The molecule has 20 heavy (non-hydrogen) atoms. The summed E-state index contributed by atoms with van der Waals surface area (Å²) in [6.07, 6.45) is 7.59. The molecule has 2 aliphatic carbocycles. The first-order valence-electron chi connectivity index (χ1n) is 7.66. The van der Waals surface area contributed by atoms with Gasteiger partial charge >= 0.3 is 0 Å². The number of rotatable bonds is 4. The second-order valence-electron chi connectivity index (χ2n) is 6.05. The van der Waals surface area contributed by atoms with E-state index in [0.717, 1.165) is 44.3 Å². The first-order valence-corrected chi connectivity index (χ1v) is 7.66. The minimum absolute atomic E-state index is 0.0519. The second-order valence-corrected chi connectivity index (χ2v) is 6.05. The van der Waals surface area contributed by atoms with Gasteiger partial charge in [0.15, 0.2) is 5.69 Å². The Labute approximate surface area is 118 Å². The minimum Gasteiger partial charge on any atom is -0.396 e. The third-order valence-electron chi connectivity index (χ3n) is 4.45. The quantitative estimate of drug-likeness (QED) is 0.828. The molecule has 5 nitrogen and oxygen atoms in total. The molecule has 0 saturated heterocycles. The summed E-state index contributed by atoms with van der Waals surface area (Å²) >= 11 is 0. The van der Waals surface area contributed by atoms with Crippen LogP contribution >= 0.6 is 0 Å². The van der Waals surface area contributed by atoms with Crippen LogP contribution in [0.25, 0.3) is 0 Å². The van der Waals surface area contributed by atoms with Gasteiger partial charge in [-0.15, -0.1) is 0 Å². The van der Waals surface area contributed by atoms with Crippen LogP contribution in [0.15, 0.2) is 10.6 Å².